The van der Waals surface area contributed by atoms with Crippen LogP contribution >= 0.6 is 0 Å². The molecule has 0 spiro atoms. The van der Waals surface area contributed by atoms with Gasteiger partial charge in [-0.05, 0) is 24.2 Å². The Hall–Kier alpha value is -1.63. The maximum absolute atomic E-state index is 12.0. The van der Waals surface area contributed by atoms with Crippen molar-refractivity contribution in [2.75, 3.05) is 18.8 Å². The summed E-state index contributed by atoms with van der Waals surface area (Å²) in [6.07, 6.45) is 0.0163. The monoisotopic (exact) mass is 226 g/mol. The van der Waals surface area contributed by atoms with E-state index in [1.165, 1.54) is 0 Å². The number of nitrogen functional groups attached to an aromatic ring is 1. The van der Waals surface area contributed by atoms with E-state index in [9.17, 15) is 4.79 Å². The van der Waals surface area contributed by atoms with Crippen LogP contribution in [0.2, 0.25) is 0 Å². The minimum absolute atomic E-state index is 0.00813. The minimum Gasteiger partial charge on any atom is -0.379 e. The zero-order chi connectivity index (χ0) is 11.7. The van der Waals surface area contributed by atoms with E-state index in [1.54, 1.807) is 4.90 Å². The van der Waals surface area contributed by atoms with Crippen LogP contribution < -0.4 is 5.73 Å². The Balaban J connectivity index is 2.13. The number of rotatable bonds is 1. The fourth-order valence-corrected chi connectivity index (χ4v) is 1.84. The number of carbonyl (C=O) groups is 1. The third kappa shape index (κ3) is 1.99. The Bertz CT molecular complexity index is 382. The number of ether oxygens (including phenoxy) is 1. The van der Waals surface area contributed by atoms with Crippen LogP contribution in [0.4, 0.5) is 5.82 Å². The van der Waals surface area contributed by atoms with Crippen molar-refractivity contribution >= 4 is 11.7 Å². The van der Waals surface area contributed by atoms with E-state index in [0.29, 0.717) is 13.1 Å². The average molecular weight is 226 g/mol. The molecule has 16 heavy (non-hydrogen) atoms. The van der Waals surface area contributed by atoms with Gasteiger partial charge in [0.1, 0.15) is 0 Å². The predicted molar refractivity (Wildman–Crippen MR) is 54.6 cm³/mol. The molecule has 0 aliphatic carbocycles. The maximum atomic E-state index is 12.0. The minimum atomic E-state index is -0.263. The van der Waals surface area contributed by atoms with Crippen LogP contribution in [0.25, 0.3) is 0 Å². The van der Waals surface area contributed by atoms with Crippen molar-refractivity contribution in [1.82, 2.24) is 15.2 Å². The van der Waals surface area contributed by atoms with Crippen molar-refractivity contribution in [3.63, 3.8) is 0 Å². The number of carbonyl (C=O) groups excluding carboxylic acids is 1. The van der Waals surface area contributed by atoms with E-state index in [4.69, 9.17) is 10.5 Å². The molecule has 1 amide bonds. The summed E-state index contributed by atoms with van der Waals surface area (Å²) in [6, 6.07) is 0. The zero-order valence-corrected chi connectivity index (χ0v) is 9.21. The highest BCUT2D eigenvalue weighted by molar-refractivity contribution is 5.96. The average Bonchev–Trinajstić information content (AvgIpc) is 2.62. The van der Waals surface area contributed by atoms with Gasteiger partial charge in [0.05, 0.1) is 12.2 Å². The van der Waals surface area contributed by atoms with E-state index in [1.807, 2.05) is 13.8 Å². The Morgan fingerprint density at radius 3 is 2.50 bits per heavy atom. The van der Waals surface area contributed by atoms with Gasteiger partial charge in [-0.3, -0.25) is 4.79 Å². The molecule has 7 heteroatoms. The van der Waals surface area contributed by atoms with Gasteiger partial charge in [0.15, 0.2) is 0 Å². The van der Waals surface area contributed by atoms with Crippen LogP contribution in [0.3, 0.4) is 0 Å². The predicted octanol–water partition coefficient (Wildman–Crippen LogP) is -0.0988. The van der Waals surface area contributed by atoms with Gasteiger partial charge < -0.3 is 15.4 Å². The highest BCUT2D eigenvalue weighted by Crippen LogP contribution is 2.15. The number of anilines is 1. The molecule has 1 saturated heterocycles. The molecule has 88 valence electrons. The van der Waals surface area contributed by atoms with Gasteiger partial charge in [0, 0.05) is 13.1 Å². The first-order valence-electron chi connectivity index (χ1n) is 5.10. The van der Waals surface area contributed by atoms with Crippen LogP contribution in [-0.4, -0.2) is 46.4 Å². The summed E-state index contributed by atoms with van der Waals surface area (Å²) in [5.74, 6) is -0.238. The quantitative estimate of drug-likeness (QED) is 0.718. The number of hydrogen-bond donors (Lipinski definition) is 1. The van der Waals surface area contributed by atoms with Gasteiger partial charge in [-0.15, -0.1) is 0 Å². The van der Waals surface area contributed by atoms with E-state index < -0.39 is 0 Å². The topological polar surface area (TPSA) is 94.5 Å². The number of nitrogens with two attached hydrogens (primary N) is 1. The van der Waals surface area contributed by atoms with Gasteiger partial charge >= 0.3 is 0 Å². The smallest absolute Gasteiger partial charge is 0.280 e. The molecule has 0 bridgehead atoms. The van der Waals surface area contributed by atoms with E-state index >= 15 is 0 Å². The number of hydrogen-bond acceptors (Lipinski definition) is 6. The van der Waals surface area contributed by atoms with Crippen molar-refractivity contribution < 1.29 is 14.2 Å². The standard InChI is InChI=1S/C9H14N4O3/c1-5-3-13(4-6(2)15-5)9(14)7-8(10)12-16-11-7/h5-6H,3-4H2,1-2H3,(H2,10,12). The zero-order valence-electron chi connectivity index (χ0n) is 9.21. The molecule has 0 saturated carbocycles. The van der Waals surface area contributed by atoms with Gasteiger partial charge in [0.2, 0.25) is 11.5 Å². The van der Waals surface area contributed by atoms with Crippen LogP contribution in [0, 0.1) is 0 Å². The second-order valence-corrected chi connectivity index (χ2v) is 3.97. The van der Waals surface area contributed by atoms with Gasteiger partial charge in [-0.25, -0.2) is 4.63 Å². The number of nitrogens with zero attached hydrogens (tertiary/aromatic N) is 3. The third-order valence-electron chi connectivity index (χ3n) is 2.42. The molecule has 2 atom stereocenters. The first kappa shape index (κ1) is 10.9. The lowest BCUT2D eigenvalue weighted by Gasteiger charge is -2.34. The second-order valence-electron chi connectivity index (χ2n) is 3.97. The van der Waals surface area contributed by atoms with Crippen LogP contribution in [0.15, 0.2) is 4.63 Å². The molecule has 2 rings (SSSR count). The van der Waals surface area contributed by atoms with Crippen LogP contribution in [0.5, 0.6) is 0 Å². The molecule has 1 aromatic rings. The SMILES string of the molecule is CC1CN(C(=O)c2nonc2N)CC(C)O1. The summed E-state index contributed by atoms with van der Waals surface area (Å²) >= 11 is 0. The largest absolute Gasteiger partial charge is 0.379 e. The Kier molecular flexibility index (Phi) is 2.78. The summed E-state index contributed by atoms with van der Waals surface area (Å²) in [5, 5.41) is 6.88. The molecule has 1 aromatic heterocycles. The first-order chi connectivity index (χ1) is 7.58. The third-order valence-corrected chi connectivity index (χ3v) is 2.42. The van der Waals surface area contributed by atoms with Gasteiger partial charge in [-0.2, -0.15) is 0 Å². The molecule has 1 aliphatic rings. The molecule has 1 aliphatic heterocycles. The molecule has 2 N–H and O–H groups in total. The highest BCUT2D eigenvalue weighted by atomic mass is 16.6. The van der Waals surface area contributed by atoms with Crippen LogP contribution in [-0.2, 0) is 4.74 Å². The van der Waals surface area contributed by atoms with E-state index in [2.05, 4.69) is 14.9 Å². The fourth-order valence-electron chi connectivity index (χ4n) is 1.84. The van der Waals surface area contributed by atoms with Crippen molar-refractivity contribution in [3.8, 4) is 0 Å². The normalized spacial score (nSPS) is 25.8. The molecule has 2 unspecified atom stereocenters. The summed E-state index contributed by atoms with van der Waals surface area (Å²) in [5.41, 5.74) is 5.54. The fraction of sp³-hybridized carbons (Fsp3) is 0.667. The maximum Gasteiger partial charge on any atom is 0.280 e. The molecule has 0 radical (unpaired) electrons. The summed E-state index contributed by atoms with van der Waals surface area (Å²) in [4.78, 5) is 13.6. The van der Waals surface area contributed by atoms with E-state index in [-0.39, 0.29) is 29.6 Å². The lowest BCUT2D eigenvalue weighted by atomic mass is 10.2. The van der Waals surface area contributed by atoms with Crippen molar-refractivity contribution in [3.05, 3.63) is 5.69 Å². The summed E-state index contributed by atoms with van der Waals surface area (Å²) < 4.78 is 9.94. The number of amides is 1. The summed E-state index contributed by atoms with van der Waals surface area (Å²) in [7, 11) is 0. The molecule has 0 aromatic carbocycles. The lowest BCUT2D eigenvalue weighted by molar-refractivity contribution is -0.0588. The first-order valence-corrected chi connectivity index (χ1v) is 5.10. The van der Waals surface area contributed by atoms with Crippen molar-refractivity contribution in [2.45, 2.75) is 26.1 Å². The molecule has 2 heterocycles. The molecular weight excluding hydrogens is 212 g/mol. The van der Waals surface area contributed by atoms with E-state index in [0.717, 1.165) is 0 Å². The van der Waals surface area contributed by atoms with Crippen molar-refractivity contribution in [2.24, 2.45) is 0 Å². The molecule has 7 nitrogen and oxygen atoms in total. The number of aromatic nitrogens is 2. The Morgan fingerprint density at radius 1 is 1.38 bits per heavy atom. The number of morpholine rings is 1. The van der Waals surface area contributed by atoms with Crippen LogP contribution in [0.1, 0.15) is 24.3 Å². The van der Waals surface area contributed by atoms with Gasteiger partial charge in [0.25, 0.3) is 5.91 Å². The lowest BCUT2D eigenvalue weighted by Crippen LogP contribution is -2.48. The molecule has 1 fully saturated rings. The molecular formula is C9H14N4O3. The van der Waals surface area contributed by atoms with Gasteiger partial charge in [-0.1, -0.05) is 0 Å². The highest BCUT2D eigenvalue weighted by Gasteiger charge is 2.29. The van der Waals surface area contributed by atoms with Crippen molar-refractivity contribution in [1.29, 1.82) is 0 Å². The summed E-state index contributed by atoms with van der Waals surface area (Å²) in [6.45, 7) is 4.88. The Labute approximate surface area is 92.5 Å². The second kappa shape index (κ2) is 4.09. The Morgan fingerprint density at radius 2 is 2.00 bits per heavy atom.